The topological polar surface area (TPSA) is 53.8 Å². The van der Waals surface area contributed by atoms with Crippen molar-refractivity contribution < 1.29 is 14.0 Å². The van der Waals surface area contributed by atoms with Crippen LogP contribution in [0, 0.1) is 12.8 Å². The number of rotatable bonds is 8. The fourth-order valence-electron chi connectivity index (χ4n) is 4.40. The molecule has 2 saturated carbocycles. The largest absolute Gasteiger partial charge is 0.464 e. The number of hydrogen-bond acceptors (Lipinski definition) is 3. The third-order valence-corrected chi connectivity index (χ3v) is 6.24. The maximum absolute atomic E-state index is 13.4. The minimum Gasteiger partial charge on any atom is -0.464 e. The van der Waals surface area contributed by atoms with Crippen LogP contribution < -0.4 is 0 Å². The van der Waals surface area contributed by atoms with E-state index in [2.05, 4.69) is 0 Å². The van der Waals surface area contributed by atoms with Crippen LogP contribution in [0.5, 0.6) is 0 Å². The van der Waals surface area contributed by atoms with Gasteiger partial charge in [-0.3, -0.25) is 9.59 Å². The molecule has 0 N–H and O–H groups in total. The summed E-state index contributed by atoms with van der Waals surface area (Å²) >= 11 is 0. The highest BCUT2D eigenvalue weighted by molar-refractivity contribution is 5.86. The predicted octanol–water partition coefficient (Wildman–Crippen LogP) is 4.69. The summed E-state index contributed by atoms with van der Waals surface area (Å²) < 4.78 is 5.73. The maximum atomic E-state index is 13.4. The highest BCUT2D eigenvalue weighted by Crippen LogP contribution is 2.32. The van der Waals surface area contributed by atoms with E-state index in [4.69, 9.17) is 4.42 Å². The molecule has 160 valence electrons. The first-order valence-electron chi connectivity index (χ1n) is 11.3. The number of furan rings is 1. The summed E-state index contributed by atoms with van der Waals surface area (Å²) in [4.78, 5) is 30.3. The molecule has 0 bridgehead atoms. The van der Waals surface area contributed by atoms with Crippen LogP contribution in [0.15, 0.2) is 46.9 Å². The second-order valence-corrected chi connectivity index (χ2v) is 8.78. The lowest BCUT2D eigenvalue weighted by Crippen LogP contribution is -2.46. The van der Waals surface area contributed by atoms with Crippen LogP contribution in [0.1, 0.15) is 62.0 Å². The molecule has 5 heteroatoms. The number of aryl methyl sites for hydroxylation is 1. The van der Waals surface area contributed by atoms with E-state index in [1.54, 1.807) is 0 Å². The van der Waals surface area contributed by atoms with E-state index in [0.717, 1.165) is 55.6 Å². The summed E-state index contributed by atoms with van der Waals surface area (Å²) in [6.07, 6.45) is 7.44. The second-order valence-electron chi connectivity index (χ2n) is 8.78. The highest BCUT2D eigenvalue weighted by Gasteiger charge is 2.38. The van der Waals surface area contributed by atoms with E-state index >= 15 is 0 Å². The first-order valence-corrected chi connectivity index (χ1v) is 11.3. The van der Waals surface area contributed by atoms with E-state index in [-0.39, 0.29) is 30.3 Å². The van der Waals surface area contributed by atoms with E-state index < -0.39 is 0 Å². The van der Waals surface area contributed by atoms with Crippen molar-refractivity contribution in [3.05, 3.63) is 59.5 Å². The maximum Gasteiger partial charge on any atom is 0.242 e. The summed E-state index contributed by atoms with van der Waals surface area (Å²) in [5.41, 5.74) is 1.07. The fraction of sp³-hybridized carbons (Fsp3) is 0.520. The molecule has 4 rings (SSSR count). The Labute approximate surface area is 179 Å². The lowest BCUT2D eigenvalue weighted by molar-refractivity contribution is -0.144. The number of nitrogens with zero attached hydrogens (tertiary/aromatic N) is 2. The van der Waals surface area contributed by atoms with E-state index in [1.165, 1.54) is 6.42 Å². The Morgan fingerprint density at radius 1 is 0.933 bits per heavy atom. The minimum atomic E-state index is -0.0102. The molecule has 30 heavy (non-hydrogen) atoms. The molecule has 1 aromatic carbocycles. The quantitative estimate of drug-likeness (QED) is 0.637. The van der Waals surface area contributed by atoms with Crippen LogP contribution >= 0.6 is 0 Å². The molecule has 2 amide bonds. The molecule has 1 heterocycles. The van der Waals surface area contributed by atoms with Gasteiger partial charge in [0.25, 0.3) is 0 Å². The van der Waals surface area contributed by atoms with Crippen molar-refractivity contribution in [2.24, 2.45) is 5.92 Å². The molecule has 1 aromatic heterocycles. The number of hydrogen-bond donors (Lipinski definition) is 0. The summed E-state index contributed by atoms with van der Waals surface area (Å²) in [5, 5.41) is 0. The smallest absolute Gasteiger partial charge is 0.242 e. The van der Waals surface area contributed by atoms with Gasteiger partial charge < -0.3 is 14.2 Å². The summed E-state index contributed by atoms with van der Waals surface area (Å²) in [7, 11) is 0. The lowest BCUT2D eigenvalue weighted by atomic mass is 9.88. The number of benzene rings is 1. The van der Waals surface area contributed by atoms with Gasteiger partial charge in [0, 0.05) is 18.5 Å². The van der Waals surface area contributed by atoms with Crippen molar-refractivity contribution in [2.75, 3.05) is 6.54 Å². The molecule has 0 unspecified atom stereocenters. The zero-order valence-electron chi connectivity index (χ0n) is 17.9. The second kappa shape index (κ2) is 9.50. The van der Waals surface area contributed by atoms with E-state index in [1.807, 2.05) is 59.2 Å². The molecule has 2 aliphatic carbocycles. The Hall–Kier alpha value is -2.56. The average molecular weight is 409 g/mol. The SMILES string of the molecule is Cc1ccc(CN(Cc2ccccc2)C(=O)CN(C(=O)C2CCCCC2)C2CC2)o1. The highest BCUT2D eigenvalue weighted by atomic mass is 16.3. The zero-order chi connectivity index (χ0) is 20.9. The third-order valence-electron chi connectivity index (χ3n) is 6.24. The molecule has 0 spiro atoms. The van der Waals surface area contributed by atoms with Crippen molar-refractivity contribution in [1.29, 1.82) is 0 Å². The van der Waals surface area contributed by atoms with Gasteiger partial charge >= 0.3 is 0 Å². The molecule has 2 aliphatic rings. The van der Waals surface area contributed by atoms with E-state index in [9.17, 15) is 9.59 Å². The summed E-state index contributed by atoms with van der Waals surface area (Å²) in [6, 6.07) is 14.1. The van der Waals surface area contributed by atoms with Gasteiger partial charge in [-0.1, -0.05) is 49.6 Å². The summed E-state index contributed by atoms with van der Waals surface area (Å²) in [5.74, 6) is 1.89. The molecule has 0 atom stereocenters. The number of carbonyl (C=O) groups excluding carboxylic acids is 2. The van der Waals surface area contributed by atoms with Crippen LogP contribution in [0.3, 0.4) is 0 Å². The van der Waals surface area contributed by atoms with Gasteiger partial charge in [-0.05, 0) is 50.3 Å². The molecule has 0 aliphatic heterocycles. The van der Waals surface area contributed by atoms with Gasteiger partial charge in [0.15, 0.2) is 0 Å². The van der Waals surface area contributed by atoms with Crippen LogP contribution in [-0.2, 0) is 22.7 Å². The van der Waals surface area contributed by atoms with Crippen LogP contribution in [0.4, 0.5) is 0 Å². The lowest BCUT2D eigenvalue weighted by Gasteiger charge is -2.31. The molecule has 0 saturated heterocycles. The Morgan fingerprint density at radius 3 is 2.30 bits per heavy atom. The third kappa shape index (κ3) is 5.32. The van der Waals surface area contributed by atoms with Gasteiger partial charge in [-0.15, -0.1) is 0 Å². The predicted molar refractivity (Wildman–Crippen MR) is 115 cm³/mol. The molecular weight excluding hydrogens is 376 g/mol. The monoisotopic (exact) mass is 408 g/mol. The normalized spacial score (nSPS) is 17.0. The Kier molecular flexibility index (Phi) is 6.56. The zero-order valence-corrected chi connectivity index (χ0v) is 17.9. The Bertz CT molecular complexity index is 850. The van der Waals surface area contributed by atoms with Crippen molar-refractivity contribution in [3.63, 3.8) is 0 Å². The van der Waals surface area contributed by atoms with Crippen LogP contribution in [0.2, 0.25) is 0 Å². The van der Waals surface area contributed by atoms with Gasteiger partial charge in [0.1, 0.15) is 18.1 Å². The van der Waals surface area contributed by atoms with Crippen LogP contribution in [-0.4, -0.2) is 34.2 Å². The first kappa shape index (κ1) is 20.7. The molecule has 2 fully saturated rings. The number of amides is 2. The standard InChI is InChI=1S/C25H32N2O3/c1-19-12-15-23(30-19)17-26(16-20-8-4-2-5-9-20)24(28)18-27(22-13-14-22)25(29)21-10-6-3-7-11-21/h2,4-5,8-9,12,15,21-22H,3,6-7,10-11,13-14,16-18H2,1H3. The van der Waals surface area contributed by atoms with Crippen molar-refractivity contribution in [1.82, 2.24) is 9.80 Å². The van der Waals surface area contributed by atoms with Crippen molar-refractivity contribution in [3.8, 4) is 0 Å². The summed E-state index contributed by atoms with van der Waals surface area (Å²) in [6.45, 7) is 3.00. The van der Waals surface area contributed by atoms with Crippen molar-refractivity contribution in [2.45, 2.75) is 71.0 Å². The van der Waals surface area contributed by atoms with Gasteiger partial charge in [-0.25, -0.2) is 0 Å². The average Bonchev–Trinajstić information content (AvgIpc) is 3.53. The van der Waals surface area contributed by atoms with E-state index in [0.29, 0.717) is 13.1 Å². The van der Waals surface area contributed by atoms with Crippen molar-refractivity contribution >= 4 is 11.8 Å². The number of carbonyl (C=O) groups is 2. The van der Waals surface area contributed by atoms with Crippen LogP contribution in [0.25, 0.3) is 0 Å². The first-order chi connectivity index (χ1) is 14.6. The fourth-order valence-corrected chi connectivity index (χ4v) is 4.40. The Balaban J connectivity index is 1.48. The van der Waals surface area contributed by atoms with Gasteiger partial charge in [0.2, 0.25) is 11.8 Å². The minimum absolute atomic E-state index is 0.0102. The molecule has 5 nitrogen and oxygen atoms in total. The van der Waals surface area contributed by atoms with Gasteiger partial charge in [-0.2, -0.15) is 0 Å². The van der Waals surface area contributed by atoms with Gasteiger partial charge in [0.05, 0.1) is 6.54 Å². The molecule has 0 radical (unpaired) electrons. The Morgan fingerprint density at radius 2 is 1.67 bits per heavy atom. The molecule has 2 aromatic rings. The molecular formula is C25H32N2O3.